The van der Waals surface area contributed by atoms with Gasteiger partial charge in [-0.25, -0.2) is 13.1 Å². The van der Waals surface area contributed by atoms with Crippen molar-refractivity contribution in [2.24, 2.45) is 5.92 Å². The molecule has 2 heterocycles. The summed E-state index contributed by atoms with van der Waals surface area (Å²) in [6, 6.07) is 4.95. The number of benzene rings is 1. The second-order valence-corrected chi connectivity index (χ2v) is 9.73. The molecule has 1 atom stereocenters. The van der Waals surface area contributed by atoms with Crippen molar-refractivity contribution in [1.29, 1.82) is 0 Å². The van der Waals surface area contributed by atoms with Gasteiger partial charge in [-0.15, -0.1) is 0 Å². The van der Waals surface area contributed by atoms with Crippen LogP contribution in [0.1, 0.15) is 31.7 Å². The molecular formula is C20H27N3O5S. The Bertz CT molecular complexity index is 907. The van der Waals surface area contributed by atoms with Crippen molar-refractivity contribution in [3.8, 4) is 0 Å². The molecule has 1 N–H and O–H groups in total. The van der Waals surface area contributed by atoms with E-state index in [-0.39, 0.29) is 41.6 Å². The van der Waals surface area contributed by atoms with Crippen LogP contribution >= 0.6 is 0 Å². The number of anilines is 1. The number of rotatable bonds is 6. The lowest BCUT2D eigenvalue weighted by Gasteiger charge is -2.26. The molecule has 2 amide bonds. The number of carbonyl (C=O) groups is 2. The van der Waals surface area contributed by atoms with Gasteiger partial charge in [0.1, 0.15) is 0 Å². The molecular weight excluding hydrogens is 394 g/mol. The van der Waals surface area contributed by atoms with E-state index in [1.165, 1.54) is 6.07 Å². The molecule has 9 heteroatoms. The van der Waals surface area contributed by atoms with Crippen LogP contribution in [0.4, 0.5) is 5.69 Å². The highest BCUT2D eigenvalue weighted by Gasteiger charge is 2.39. The molecule has 1 unspecified atom stereocenters. The first-order valence-electron chi connectivity index (χ1n) is 10.2. The Hall–Kier alpha value is -1.97. The zero-order valence-corrected chi connectivity index (χ0v) is 17.4. The van der Waals surface area contributed by atoms with Gasteiger partial charge >= 0.3 is 0 Å². The van der Waals surface area contributed by atoms with E-state index in [9.17, 15) is 18.0 Å². The number of morpholine rings is 1. The van der Waals surface area contributed by atoms with Gasteiger partial charge in [0, 0.05) is 43.7 Å². The van der Waals surface area contributed by atoms with Gasteiger partial charge in [0.2, 0.25) is 21.8 Å². The number of sulfonamides is 1. The third-order valence-corrected chi connectivity index (χ3v) is 7.19. The average Bonchev–Trinajstić information content (AvgIpc) is 3.50. The topological polar surface area (TPSA) is 96.0 Å². The molecule has 0 spiro atoms. The van der Waals surface area contributed by atoms with E-state index >= 15 is 0 Å². The van der Waals surface area contributed by atoms with E-state index in [0.29, 0.717) is 32.7 Å². The number of carbonyl (C=O) groups excluding carboxylic acids is 2. The van der Waals surface area contributed by atoms with Crippen LogP contribution in [0.25, 0.3) is 0 Å². The Labute approximate surface area is 171 Å². The van der Waals surface area contributed by atoms with Gasteiger partial charge in [0.05, 0.1) is 18.1 Å². The first-order chi connectivity index (χ1) is 13.9. The quantitative estimate of drug-likeness (QED) is 0.736. The minimum Gasteiger partial charge on any atom is -0.378 e. The van der Waals surface area contributed by atoms with Crippen LogP contribution in [0.5, 0.6) is 0 Å². The van der Waals surface area contributed by atoms with Crippen molar-refractivity contribution in [2.75, 3.05) is 37.7 Å². The highest BCUT2D eigenvalue weighted by Crippen LogP contribution is 2.39. The fraction of sp³-hybridized carbons (Fsp3) is 0.600. The first-order valence-corrected chi connectivity index (χ1v) is 11.7. The van der Waals surface area contributed by atoms with Crippen molar-refractivity contribution >= 4 is 27.5 Å². The summed E-state index contributed by atoms with van der Waals surface area (Å²) in [5.41, 5.74) is 1.69. The molecule has 1 saturated heterocycles. The van der Waals surface area contributed by atoms with Gasteiger partial charge in [-0.1, -0.05) is 0 Å². The standard InChI is InChI=1S/C20H27N3O5S/c1-14-12-16-13-17(4-5-18(16)23(14)20(25)15-2-3-15)29(26,27)21-7-6-19(24)22-8-10-28-11-9-22/h4-5,13-15,21H,2-3,6-12H2,1H3. The van der Waals surface area contributed by atoms with Crippen LogP contribution in [0, 0.1) is 5.92 Å². The van der Waals surface area contributed by atoms with Crippen LogP contribution in [0.2, 0.25) is 0 Å². The molecule has 1 aromatic carbocycles. The van der Waals surface area contributed by atoms with E-state index in [4.69, 9.17) is 4.74 Å². The summed E-state index contributed by atoms with van der Waals surface area (Å²) in [5.74, 6) is 0.192. The fourth-order valence-electron chi connectivity index (χ4n) is 3.98. The van der Waals surface area contributed by atoms with Crippen LogP contribution in [0.3, 0.4) is 0 Å². The third kappa shape index (κ3) is 4.31. The second-order valence-electron chi connectivity index (χ2n) is 7.97. The molecule has 158 valence electrons. The molecule has 8 nitrogen and oxygen atoms in total. The Morgan fingerprint density at radius 2 is 1.93 bits per heavy atom. The normalized spacial score (nSPS) is 21.9. The van der Waals surface area contributed by atoms with Crippen LogP contribution in [-0.4, -0.2) is 64.0 Å². The Kier molecular flexibility index (Phi) is 5.63. The highest BCUT2D eigenvalue weighted by atomic mass is 32.2. The number of fused-ring (bicyclic) bond motifs is 1. The Balaban J connectivity index is 1.39. The second kappa shape index (κ2) is 8.04. The number of hydrogen-bond donors (Lipinski definition) is 1. The molecule has 1 aromatic rings. The zero-order valence-electron chi connectivity index (χ0n) is 16.6. The van der Waals surface area contributed by atoms with Crippen molar-refractivity contribution in [2.45, 2.75) is 43.5 Å². The number of hydrogen-bond acceptors (Lipinski definition) is 5. The van der Waals surface area contributed by atoms with Crippen molar-refractivity contribution < 1.29 is 22.7 Å². The fourth-order valence-corrected chi connectivity index (χ4v) is 5.07. The summed E-state index contributed by atoms with van der Waals surface area (Å²) in [4.78, 5) is 28.4. The largest absolute Gasteiger partial charge is 0.378 e. The van der Waals surface area contributed by atoms with Crippen LogP contribution in [-0.2, 0) is 30.8 Å². The molecule has 0 bridgehead atoms. The molecule has 29 heavy (non-hydrogen) atoms. The summed E-state index contributed by atoms with van der Waals surface area (Å²) in [6.07, 6.45) is 2.64. The minimum absolute atomic E-state index is 0.0372. The minimum atomic E-state index is -3.72. The molecule has 4 rings (SSSR count). The number of ether oxygens (including phenoxy) is 1. The van der Waals surface area contributed by atoms with E-state index in [1.54, 1.807) is 17.0 Å². The molecule has 2 aliphatic heterocycles. The predicted molar refractivity (Wildman–Crippen MR) is 107 cm³/mol. The number of nitrogens with zero attached hydrogens (tertiary/aromatic N) is 2. The lowest BCUT2D eigenvalue weighted by Crippen LogP contribution is -2.42. The van der Waals surface area contributed by atoms with Crippen molar-refractivity contribution in [3.63, 3.8) is 0 Å². The number of amides is 2. The SMILES string of the molecule is CC1Cc2cc(S(=O)(=O)NCCC(=O)N3CCOCC3)ccc2N1C(=O)C1CC1. The summed E-state index contributed by atoms with van der Waals surface area (Å²) in [6.45, 7) is 4.17. The maximum absolute atomic E-state index is 12.7. The first kappa shape index (κ1) is 20.3. The number of nitrogens with one attached hydrogen (secondary N) is 1. The van der Waals surface area contributed by atoms with Crippen LogP contribution in [0.15, 0.2) is 23.1 Å². The van der Waals surface area contributed by atoms with Crippen molar-refractivity contribution in [1.82, 2.24) is 9.62 Å². The maximum atomic E-state index is 12.7. The van der Waals surface area contributed by atoms with Gasteiger partial charge in [-0.2, -0.15) is 0 Å². The van der Waals surface area contributed by atoms with Gasteiger partial charge < -0.3 is 14.5 Å². The third-order valence-electron chi connectivity index (χ3n) is 5.74. The van der Waals surface area contributed by atoms with Gasteiger partial charge in [0.15, 0.2) is 0 Å². The molecule has 2 fully saturated rings. The summed E-state index contributed by atoms with van der Waals surface area (Å²) < 4.78 is 33.1. The Morgan fingerprint density at radius 3 is 2.62 bits per heavy atom. The Morgan fingerprint density at radius 1 is 1.21 bits per heavy atom. The van der Waals surface area contributed by atoms with Gasteiger partial charge in [-0.05, 0) is 49.9 Å². The lowest BCUT2D eigenvalue weighted by atomic mass is 10.1. The van der Waals surface area contributed by atoms with Gasteiger partial charge in [-0.3, -0.25) is 9.59 Å². The van der Waals surface area contributed by atoms with E-state index < -0.39 is 10.0 Å². The average molecular weight is 422 g/mol. The monoisotopic (exact) mass is 421 g/mol. The molecule has 1 saturated carbocycles. The molecule has 3 aliphatic rings. The smallest absolute Gasteiger partial charge is 0.240 e. The summed E-state index contributed by atoms with van der Waals surface area (Å²) in [5, 5.41) is 0. The molecule has 0 radical (unpaired) electrons. The van der Waals surface area contributed by atoms with E-state index in [2.05, 4.69) is 4.72 Å². The summed E-state index contributed by atoms with van der Waals surface area (Å²) >= 11 is 0. The van der Waals surface area contributed by atoms with Crippen molar-refractivity contribution in [3.05, 3.63) is 23.8 Å². The van der Waals surface area contributed by atoms with E-state index in [0.717, 1.165) is 24.1 Å². The maximum Gasteiger partial charge on any atom is 0.240 e. The predicted octanol–water partition coefficient (Wildman–Crippen LogP) is 0.901. The molecule has 1 aliphatic carbocycles. The summed E-state index contributed by atoms with van der Waals surface area (Å²) in [7, 11) is -3.72. The molecule has 0 aromatic heterocycles. The lowest BCUT2D eigenvalue weighted by molar-refractivity contribution is -0.135. The zero-order chi connectivity index (χ0) is 20.6. The van der Waals surface area contributed by atoms with Crippen LogP contribution < -0.4 is 9.62 Å². The van der Waals surface area contributed by atoms with Gasteiger partial charge in [0.25, 0.3) is 0 Å². The van der Waals surface area contributed by atoms with E-state index in [1.807, 2.05) is 11.8 Å². The highest BCUT2D eigenvalue weighted by molar-refractivity contribution is 7.89.